The van der Waals surface area contributed by atoms with Crippen LogP contribution in [0.25, 0.3) is 0 Å². The number of nitrogens with zero attached hydrogens (tertiary/aromatic N) is 2. The van der Waals surface area contributed by atoms with Crippen molar-refractivity contribution in [3.8, 4) is 0 Å². The number of nitrogens with one attached hydrogen (secondary N) is 2. The summed E-state index contributed by atoms with van der Waals surface area (Å²) in [6.07, 6.45) is 1.59. The molecule has 0 saturated heterocycles. The predicted octanol–water partition coefficient (Wildman–Crippen LogP) is 3.87. The van der Waals surface area contributed by atoms with Crippen molar-refractivity contribution in [2.45, 2.75) is 6.54 Å². The van der Waals surface area contributed by atoms with Gasteiger partial charge in [-0.3, -0.25) is 4.68 Å². The molecule has 1 heterocycles. The molecule has 2 rings (SSSR count). The highest BCUT2D eigenvalue weighted by atomic mass is 35.5. The van der Waals surface area contributed by atoms with Gasteiger partial charge in [-0.25, -0.2) is 0 Å². The molecule has 0 bridgehead atoms. The average Bonchev–Trinajstić information content (AvgIpc) is 2.71. The van der Waals surface area contributed by atoms with Crippen LogP contribution < -0.4 is 10.6 Å². The van der Waals surface area contributed by atoms with E-state index in [2.05, 4.69) is 15.7 Å². The van der Waals surface area contributed by atoms with E-state index in [0.717, 1.165) is 11.4 Å². The third-order valence-electron chi connectivity index (χ3n) is 2.60. The van der Waals surface area contributed by atoms with Crippen molar-refractivity contribution in [1.82, 2.24) is 15.1 Å². The number of hydrogen-bond acceptors (Lipinski definition) is 2. The van der Waals surface area contributed by atoms with Gasteiger partial charge in [0.2, 0.25) is 0 Å². The second-order valence-electron chi connectivity index (χ2n) is 4.00. The van der Waals surface area contributed by atoms with E-state index < -0.39 is 0 Å². The Morgan fingerprint density at radius 1 is 1.25 bits per heavy atom. The van der Waals surface area contributed by atoms with Crippen molar-refractivity contribution < 1.29 is 0 Å². The molecule has 1 aromatic heterocycles. The lowest BCUT2D eigenvalue weighted by molar-refractivity contribution is 0.695. The first-order valence-corrected chi connectivity index (χ1v) is 7.18. The smallest absolute Gasteiger partial charge is 0.171 e. The summed E-state index contributed by atoms with van der Waals surface area (Å²) in [5, 5.41) is 12.1. The third-order valence-corrected chi connectivity index (χ3v) is 3.91. The molecule has 106 valence electrons. The van der Waals surface area contributed by atoms with Crippen molar-refractivity contribution >= 4 is 57.8 Å². The maximum atomic E-state index is 6.01. The quantitative estimate of drug-likeness (QED) is 0.826. The number of anilines is 1. The molecule has 0 aliphatic carbocycles. The maximum absolute atomic E-state index is 6.01. The first-order chi connectivity index (χ1) is 9.47. The van der Waals surface area contributed by atoms with E-state index in [0.29, 0.717) is 26.7 Å². The van der Waals surface area contributed by atoms with Gasteiger partial charge < -0.3 is 10.6 Å². The Morgan fingerprint density at radius 3 is 2.60 bits per heavy atom. The summed E-state index contributed by atoms with van der Waals surface area (Å²) in [5.74, 6) is 0. The zero-order valence-electron chi connectivity index (χ0n) is 10.5. The monoisotopic (exact) mass is 348 g/mol. The standard InChI is InChI=1S/C12H11Cl3N4S/c1-19-11(10(15)5-17-19)6-16-12(20)18-7-2-3-8(13)9(14)4-7/h2-5H,6H2,1H3,(H2,16,18,20). The van der Waals surface area contributed by atoms with Crippen LogP contribution in [0.5, 0.6) is 0 Å². The van der Waals surface area contributed by atoms with Gasteiger partial charge in [0, 0.05) is 12.7 Å². The van der Waals surface area contributed by atoms with E-state index in [1.54, 1.807) is 29.1 Å². The molecule has 0 aliphatic rings. The molecule has 20 heavy (non-hydrogen) atoms. The molecular formula is C12H11Cl3N4S. The lowest BCUT2D eigenvalue weighted by Crippen LogP contribution is -2.28. The fraction of sp³-hybridized carbons (Fsp3) is 0.167. The van der Waals surface area contributed by atoms with Crippen molar-refractivity contribution in [2.24, 2.45) is 7.05 Å². The van der Waals surface area contributed by atoms with Gasteiger partial charge >= 0.3 is 0 Å². The lowest BCUT2D eigenvalue weighted by Gasteiger charge is -2.11. The molecule has 1 aromatic carbocycles. The molecule has 0 fully saturated rings. The van der Waals surface area contributed by atoms with Crippen LogP contribution in [0.4, 0.5) is 5.69 Å². The first kappa shape index (κ1) is 15.4. The van der Waals surface area contributed by atoms with Gasteiger partial charge in [-0.15, -0.1) is 0 Å². The van der Waals surface area contributed by atoms with E-state index in [4.69, 9.17) is 47.0 Å². The number of benzene rings is 1. The molecule has 0 spiro atoms. The van der Waals surface area contributed by atoms with Crippen LogP contribution in [0.1, 0.15) is 5.69 Å². The third kappa shape index (κ3) is 3.76. The van der Waals surface area contributed by atoms with E-state index in [9.17, 15) is 0 Å². The van der Waals surface area contributed by atoms with Gasteiger partial charge in [-0.2, -0.15) is 5.10 Å². The van der Waals surface area contributed by atoms with E-state index >= 15 is 0 Å². The highest BCUT2D eigenvalue weighted by Gasteiger charge is 2.07. The van der Waals surface area contributed by atoms with Crippen LogP contribution in [0.3, 0.4) is 0 Å². The zero-order chi connectivity index (χ0) is 14.7. The Morgan fingerprint density at radius 2 is 2.00 bits per heavy atom. The summed E-state index contributed by atoms with van der Waals surface area (Å²) in [5.41, 5.74) is 1.61. The van der Waals surface area contributed by atoms with Crippen LogP contribution in [0, 0.1) is 0 Å². The van der Waals surface area contributed by atoms with Gasteiger partial charge in [0.25, 0.3) is 0 Å². The van der Waals surface area contributed by atoms with Crippen LogP contribution >= 0.6 is 47.0 Å². The number of aryl methyl sites for hydroxylation is 1. The second-order valence-corrected chi connectivity index (χ2v) is 5.63. The minimum absolute atomic E-state index is 0.459. The Hall–Kier alpha value is -1.01. The van der Waals surface area contributed by atoms with Gasteiger partial charge in [0.1, 0.15) is 0 Å². The molecule has 0 aliphatic heterocycles. The Kier molecular flexibility index (Phi) is 5.10. The van der Waals surface area contributed by atoms with Crippen LogP contribution in [0.15, 0.2) is 24.4 Å². The molecule has 0 amide bonds. The van der Waals surface area contributed by atoms with E-state index in [1.165, 1.54) is 0 Å². The summed E-state index contributed by atoms with van der Waals surface area (Å²) >= 11 is 23.0. The van der Waals surface area contributed by atoms with Crippen LogP contribution in [-0.2, 0) is 13.6 Å². The van der Waals surface area contributed by atoms with Gasteiger partial charge in [0.05, 0.1) is 33.5 Å². The predicted molar refractivity (Wildman–Crippen MR) is 87.7 cm³/mol. The van der Waals surface area contributed by atoms with Gasteiger partial charge in [-0.1, -0.05) is 34.8 Å². The second kappa shape index (κ2) is 6.63. The fourth-order valence-electron chi connectivity index (χ4n) is 1.55. The normalized spacial score (nSPS) is 10.4. The first-order valence-electron chi connectivity index (χ1n) is 5.63. The summed E-state index contributed by atoms with van der Waals surface area (Å²) in [7, 11) is 1.82. The van der Waals surface area contributed by atoms with E-state index in [-0.39, 0.29) is 0 Å². The molecule has 0 radical (unpaired) electrons. The van der Waals surface area contributed by atoms with E-state index in [1.807, 2.05) is 7.05 Å². The number of aromatic nitrogens is 2. The molecule has 0 unspecified atom stereocenters. The fourth-order valence-corrected chi connectivity index (χ4v) is 2.27. The summed E-state index contributed by atoms with van der Waals surface area (Å²) in [4.78, 5) is 0. The average molecular weight is 350 g/mol. The Bertz CT molecular complexity index is 622. The highest BCUT2D eigenvalue weighted by molar-refractivity contribution is 7.80. The summed E-state index contributed by atoms with van der Waals surface area (Å²) < 4.78 is 1.69. The van der Waals surface area contributed by atoms with Crippen LogP contribution in [0.2, 0.25) is 15.1 Å². The highest BCUT2D eigenvalue weighted by Crippen LogP contribution is 2.24. The van der Waals surface area contributed by atoms with Gasteiger partial charge in [0.15, 0.2) is 5.11 Å². The minimum atomic E-state index is 0.459. The Balaban J connectivity index is 1.94. The summed E-state index contributed by atoms with van der Waals surface area (Å²) in [6, 6.07) is 5.20. The topological polar surface area (TPSA) is 41.9 Å². The Labute approximate surface area is 137 Å². The van der Waals surface area contributed by atoms with Crippen molar-refractivity contribution in [2.75, 3.05) is 5.32 Å². The number of halogens is 3. The number of rotatable bonds is 3. The molecule has 0 saturated carbocycles. The largest absolute Gasteiger partial charge is 0.357 e. The molecule has 4 nitrogen and oxygen atoms in total. The van der Waals surface area contributed by atoms with Crippen LogP contribution in [-0.4, -0.2) is 14.9 Å². The maximum Gasteiger partial charge on any atom is 0.171 e. The van der Waals surface area contributed by atoms with Crippen molar-refractivity contribution in [1.29, 1.82) is 0 Å². The molecule has 0 atom stereocenters. The van der Waals surface area contributed by atoms with Crippen molar-refractivity contribution in [3.63, 3.8) is 0 Å². The SMILES string of the molecule is Cn1ncc(Cl)c1CNC(=S)Nc1ccc(Cl)c(Cl)c1. The summed E-state index contributed by atoms with van der Waals surface area (Å²) in [6.45, 7) is 0.475. The number of thiocarbonyl (C=S) groups is 1. The minimum Gasteiger partial charge on any atom is -0.357 e. The van der Waals surface area contributed by atoms with Gasteiger partial charge in [-0.05, 0) is 30.4 Å². The zero-order valence-corrected chi connectivity index (χ0v) is 13.5. The molecule has 2 aromatic rings. The molecular weight excluding hydrogens is 339 g/mol. The lowest BCUT2D eigenvalue weighted by atomic mass is 10.3. The molecule has 2 N–H and O–H groups in total. The molecule has 8 heteroatoms. The number of hydrogen-bond donors (Lipinski definition) is 2. The van der Waals surface area contributed by atoms with Crippen molar-refractivity contribution in [3.05, 3.63) is 45.2 Å².